The fourth-order valence-electron chi connectivity index (χ4n) is 3.52. The third kappa shape index (κ3) is 2.71. The monoisotopic (exact) mass is 320 g/mol. The van der Waals surface area contributed by atoms with E-state index in [1.807, 2.05) is 6.20 Å². The smallest absolute Gasteiger partial charge is 0.131 e. The molecule has 3 aromatic rings. The van der Waals surface area contributed by atoms with Gasteiger partial charge in [-0.3, -0.25) is 4.90 Å². The van der Waals surface area contributed by atoms with E-state index in [4.69, 9.17) is 4.98 Å². The Morgan fingerprint density at radius 2 is 2.17 bits per heavy atom. The number of aromatic amines is 1. The maximum atomic E-state index is 4.81. The van der Waals surface area contributed by atoms with E-state index in [9.17, 15) is 0 Å². The Balaban J connectivity index is 1.58. The standard InChI is InChI=1S/C20H24N4/c1-13(2)20-22-9-15-7-8-24(12-18(15)23-20)11-16-10-21-19-14(3)5-4-6-17(16)19/h4-6,9-10,13,21H,7-8,11-12H2,1-3H3. The fraction of sp³-hybridized carbons (Fsp3) is 0.400. The van der Waals surface area contributed by atoms with Crippen LogP contribution >= 0.6 is 0 Å². The normalized spacial score (nSPS) is 15.2. The number of aromatic nitrogens is 3. The molecule has 124 valence electrons. The molecule has 0 spiro atoms. The predicted molar refractivity (Wildman–Crippen MR) is 97.0 cm³/mol. The first-order valence-electron chi connectivity index (χ1n) is 8.74. The van der Waals surface area contributed by atoms with Crippen LogP contribution in [0.2, 0.25) is 0 Å². The molecule has 1 aliphatic rings. The van der Waals surface area contributed by atoms with Crippen LogP contribution in [0.25, 0.3) is 10.9 Å². The number of para-hydroxylation sites is 1. The number of H-pyrrole nitrogens is 1. The number of rotatable bonds is 3. The van der Waals surface area contributed by atoms with E-state index < -0.39 is 0 Å². The van der Waals surface area contributed by atoms with Gasteiger partial charge in [-0.05, 0) is 30.0 Å². The van der Waals surface area contributed by atoms with Crippen molar-refractivity contribution in [2.45, 2.75) is 46.2 Å². The van der Waals surface area contributed by atoms with E-state index in [0.29, 0.717) is 5.92 Å². The zero-order valence-corrected chi connectivity index (χ0v) is 14.6. The molecule has 2 aromatic heterocycles. The van der Waals surface area contributed by atoms with Crippen molar-refractivity contribution in [3.8, 4) is 0 Å². The van der Waals surface area contributed by atoms with Gasteiger partial charge in [0.1, 0.15) is 5.82 Å². The average molecular weight is 320 g/mol. The van der Waals surface area contributed by atoms with E-state index in [2.05, 4.69) is 60.0 Å². The third-order valence-electron chi connectivity index (χ3n) is 4.96. The minimum Gasteiger partial charge on any atom is -0.361 e. The summed E-state index contributed by atoms with van der Waals surface area (Å²) in [6, 6.07) is 6.51. The van der Waals surface area contributed by atoms with Gasteiger partial charge in [-0.25, -0.2) is 9.97 Å². The van der Waals surface area contributed by atoms with Gasteiger partial charge in [0.15, 0.2) is 0 Å². The number of hydrogen-bond acceptors (Lipinski definition) is 3. The van der Waals surface area contributed by atoms with Crippen molar-refractivity contribution in [2.75, 3.05) is 6.54 Å². The summed E-state index contributed by atoms with van der Waals surface area (Å²) < 4.78 is 0. The van der Waals surface area contributed by atoms with Crippen LogP contribution in [0.4, 0.5) is 0 Å². The van der Waals surface area contributed by atoms with E-state index in [-0.39, 0.29) is 0 Å². The van der Waals surface area contributed by atoms with E-state index in [1.165, 1.54) is 33.3 Å². The number of aryl methyl sites for hydroxylation is 1. The van der Waals surface area contributed by atoms with Crippen molar-refractivity contribution in [1.29, 1.82) is 0 Å². The van der Waals surface area contributed by atoms with Gasteiger partial charge < -0.3 is 4.98 Å². The van der Waals surface area contributed by atoms with Crippen molar-refractivity contribution >= 4 is 10.9 Å². The molecule has 0 unspecified atom stereocenters. The number of benzene rings is 1. The largest absolute Gasteiger partial charge is 0.361 e. The minimum absolute atomic E-state index is 0.377. The van der Waals surface area contributed by atoms with Crippen LogP contribution in [0.1, 0.15) is 48.0 Å². The highest BCUT2D eigenvalue weighted by Gasteiger charge is 2.20. The highest BCUT2D eigenvalue weighted by Crippen LogP contribution is 2.25. The minimum atomic E-state index is 0.377. The van der Waals surface area contributed by atoms with Gasteiger partial charge in [0.25, 0.3) is 0 Å². The van der Waals surface area contributed by atoms with Crippen molar-refractivity contribution in [3.63, 3.8) is 0 Å². The molecule has 1 N–H and O–H groups in total. The molecule has 24 heavy (non-hydrogen) atoms. The first-order valence-corrected chi connectivity index (χ1v) is 8.74. The highest BCUT2D eigenvalue weighted by atomic mass is 15.1. The number of nitrogens with one attached hydrogen (secondary N) is 1. The fourth-order valence-corrected chi connectivity index (χ4v) is 3.52. The van der Waals surface area contributed by atoms with Crippen LogP contribution in [0.3, 0.4) is 0 Å². The van der Waals surface area contributed by atoms with E-state index in [1.54, 1.807) is 0 Å². The first kappa shape index (κ1) is 15.3. The molecular weight excluding hydrogens is 296 g/mol. The summed E-state index contributed by atoms with van der Waals surface area (Å²) in [5, 5.41) is 1.34. The zero-order chi connectivity index (χ0) is 16.7. The third-order valence-corrected chi connectivity index (χ3v) is 4.96. The van der Waals surface area contributed by atoms with Crippen molar-refractivity contribution in [1.82, 2.24) is 19.9 Å². The quantitative estimate of drug-likeness (QED) is 0.795. The lowest BCUT2D eigenvalue weighted by Crippen LogP contribution is -2.31. The molecular formula is C20H24N4. The lowest BCUT2D eigenvalue weighted by molar-refractivity contribution is 0.241. The average Bonchev–Trinajstić information content (AvgIpc) is 2.98. The molecule has 1 aliphatic heterocycles. The summed E-state index contributed by atoms with van der Waals surface area (Å²) in [7, 11) is 0. The van der Waals surface area contributed by atoms with Crippen LogP contribution in [0.15, 0.2) is 30.6 Å². The summed E-state index contributed by atoms with van der Waals surface area (Å²) in [5.74, 6) is 1.33. The molecule has 3 heterocycles. The van der Waals surface area contributed by atoms with Gasteiger partial charge in [-0.2, -0.15) is 0 Å². The zero-order valence-electron chi connectivity index (χ0n) is 14.6. The Bertz CT molecular complexity index is 878. The van der Waals surface area contributed by atoms with Crippen LogP contribution in [0.5, 0.6) is 0 Å². The second-order valence-electron chi connectivity index (χ2n) is 7.13. The second kappa shape index (κ2) is 6.02. The molecule has 0 amide bonds. The predicted octanol–water partition coefficient (Wildman–Crippen LogP) is 3.95. The van der Waals surface area contributed by atoms with Crippen molar-refractivity contribution < 1.29 is 0 Å². The van der Waals surface area contributed by atoms with Gasteiger partial charge >= 0.3 is 0 Å². The van der Waals surface area contributed by atoms with Gasteiger partial charge in [0.2, 0.25) is 0 Å². The Hall–Kier alpha value is -2.20. The lowest BCUT2D eigenvalue weighted by Gasteiger charge is -2.28. The number of hydrogen-bond donors (Lipinski definition) is 1. The van der Waals surface area contributed by atoms with Crippen LogP contribution in [-0.2, 0) is 19.5 Å². The molecule has 0 atom stereocenters. The lowest BCUT2D eigenvalue weighted by atomic mass is 10.0. The van der Waals surface area contributed by atoms with Gasteiger partial charge in [-0.15, -0.1) is 0 Å². The first-order chi connectivity index (χ1) is 11.6. The topological polar surface area (TPSA) is 44.8 Å². The van der Waals surface area contributed by atoms with Crippen molar-refractivity contribution in [3.05, 3.63) is 58.8 Å². The molecule has 4 nitrogen and oxygen atoms in total. The molecule has 0 bridgehead atoms. The molecule has 0 saturated heterocycles. The Labute approximate surface area is 142 Å². The Morgan fingerprint density at radius 3 is 3.00 bits per heavy atom. The van der Waals surface area contributed by atoms with Crippen LogP contribution < -0.4 is 0 Å². The number of fused-ring (bicyclic) bond motifs is 2. The molecule has 4 heteroatoms. The second-order valence-corrected chi connectivity index (χ2v) is 7.13. The summed E-state index contributed by atoms with van der Waals surface area (Å²) in [6.45, 7) is 9.40. The summed E-state index contributed by atoms with van der Waals surface area (Å²) >= 11 is 0. The van der Waals surface area contributed by atoms with Crippen LogP contribution in [-0.4, -0.2) is 26.4 Å². The summed E-state index contributed by atoms with van der Waals surface area (Å²) in [6.07, 6.45) is 5.23. The molecule has 4 rings (SSSR count). The maximum Gasteiger partial charge on any atom is 0.131 e. The Morgan fingerprint density at radius 1 is 1.29 bits per heavy atom. The molecule has 0 fully saturated rings. The molecule has 0 saturated carbocycles. The van der Waals surface area contributed by atoms with Crippen molar-refractivity contribution in [2.24, 2.45) is 0 Å². The molecule has 0 aliphatic carbocycles. The molecule has 0 radical (unpaired) electrons. The van der Waals surface area contributed by atoms with Crippen LogP contribution in [0, 0.1) is 6.92 Å². The maximum absolute atomic E-state index is 4.81. The van der Waals surface area contributed by atoms with Gasteiger partial charge in [0, 0.05) is 48.8 Å². The highest BCUT2D eigenvalue weighted by molar-refractivity contribution is 5.85. The van der Waals surface area contributed by atoms with E-state index >= 15 is 0 Å². The van der Waals surface area contributed by atoms with Gasteiger partial charge in [-0.1, -0.05) is 32.0 Å². The summed E-state index contributed by atoms with van der Waals surface area (Å²) in [5.41, 5.74) is 6.45. The molecule has 1 aromatic carbocycles. The number of nitrogens with zero attached hydrogens (tertiary/aromatic N) is 3. The van der Waals surface area contributed by atoms with Gasteiger partial charge in [0.05, 0.1) is 5.69 Å². The summed E-state index contributed by atoms with van der Waals surface area (Å²) in [4.78, 5) is 15.2. The van der Waals surface area contributed by atoms with E-state index in [0.717, 1.165) is 31.9 Å². The Kier molecular flexibility index (Phi) is 3.85. The SMILES string of the molecule is Cc1cccc2c(CN3CCc4cnc(C(C)C)nc4C3)c[nH]c12.